The predicted molar refractivity (Wildman–Crippen MR) is 73.7 cm³/mol. The van der Waals surface area contributed by atoms with Crippen molar-refractivity contribution < 1.29 is 4.79 Å². The van der Waals surface area contributed by atoms with E-state index < -0.39 is 5.91 Å². The summed E-state index contributed by atoms with van der Waals surface area (Å²) in [6.45, 7) is 3.74. The summed E-state index contributed by atoms with van der Waals surface area (Å²) in [7, 11) is 0. The zero-order chi connectivity index (χ0) is 14.0. The summed E-state index contributed by atoms with van der Waals surface area (Å²) in [4.78, 5) is 19.6. The lowest BCUT2D eigenvalue weighted by Gasteiger charge is -2.08. The van der Waals surface area contributed by atoms with Gasteiger partial charge in [-0.05, 0) is 19.4 Å². The van der Waals surface area contributed by atoms with Gasteiger partial charge in [-0.3, -0.25) is 4.79 Å². The van der Waals surface area contributed by atoms with Crippen molar-refractivity contribution in [3.05, 3.63) is 52.5 Å². The van der Waals surface area contributed by atoms with Gasteiger partial charge in [-0.25, -0.2) is 9.97 Å². The van der Waals surface area contributed by atoms with Gasteiger partial charge in [0.1, 0.15) is 17.2 Å². The first kappa shape index (κ1) is 13.0. The van der Waals surface area contributed by atoms with Gasteiger partial charge in [-0.1, -0.05) is 29.8 Å². The van der Waals surface area contributed by atoms with Gasteiger partial charge in [0.05, 0.1) is 5.69 Å². The highest BCUT2D eigenvalue weighted by atomic mass is 16.1. The number of benzene rings is 1. The molecule has 19 heavy (non-hydrogen) atoms. The Hall–Kier alpha value is -2.43. The van der Waals surface area contributed by atoms with E-state index in [-0.39, 0.29) is 11.4 Å². The number of nitrogen functional groups attached to an aromatic ring is 1. The number of nitrogens with two attached hydrogens (primary N) is 2. The van der Waals surface area contributed by atoms with Crippen LogP contribution in [0.15, 0.2) is 24.3 Å². The van der Waals surface area contributed by atoms with Crippen LogP contribution in [-0.4, -0.2) is 15.9 Å². The summed E-state index contributed by atoms with van der Waals surface area (Å²) >= 11 is 0. The fourth-order valence-corrected chi connectivity index (χ4v) is 1.93. The first-order chi connectivity index (χ1) is 8.97. The van der Waals surface area contributed by atoms with Crippen molar-refractivity contribution in [3.63, 3.8) is 0 Å². The molecular weight excluding hydrogens is 240 g/mol. The van der Waals surface area contributed by atoms with Crippen LogP contribution in [0.25, 0.3) is 0 Å². The average molecular weight is 256 g/mol. The van der Waals surface area contributed by atoms with Gasteiger partial charge in [0.25, 0.3) is 5.91 Å². The molecule has 0 aliphatic carbocycles. The van der Waals surface area contributed by atoms with Gasteiger partial charge in [0, 0.05) is 6.42 Å². The molecule has 1 heterocycles. The van der Waals surface area contributed by atoms with Crippen LogP contribution in [-0.2, 0) is 6.42 Å². The minimum absolute atomic E-state index is 0.141. The molecule has 0 aliphatic heterocycles. The third-order valence-electron chi connectivity index (χ3n) is 2.89. The highest BCUT2D eigenvalue weighted by Gasteiger charge is 2.14. The Bertz CT molecular complexity index is 597. The maximum absolute atomic E-state index is 11.2. The van der Waals surface area contributed by atoms with E-state index in [1.54, 1.807) is 6.92 Å². The molecule has 2 rings (SSSR count). The van der Waals surface area contributed by atoms with Crippen molar-refractivity contribution in [3.8, 4) is 0 Å². The standard InChI is InChI=1S/C14H16N4O/c1-8-3-5-10(6-4-8)7-11-17-9(2)12(14(16)19)13(15)18-11/h3-6H,7H2,1-2H3,(H2,16,19)(H2,15,17,18). The largest absolute Gasteiger partial charge is 0.383 e. The van der Waals surface area contributed by atoms with Crippen LogP contribution >= 0.6 is 0 Å². The second-order valence-electron chi connectivity index (χ2n) is 4.51. The maximum atomic E-state index is 11.2. The van der Waals surface area contributed by atoms with Crippen molar-refractivity contribution in [1.29, 1.82) is 0 Å². The number of carbonyl (C=O) groups excluding carboxylic acids is 1. The summed E-state index contributed by atoms with van der Waals surface area (Å²) in [6.07, 6.45) is 0.574. The summed E-state index contributed by atoms with van der Waals surface area (Å²) in [6, 6.07) is 8.10. The predicted octanol–water partition coefficient (Wildman–Crippen LogP) is 1.37. The molecule has 0 atom stereocenters. The zero-order valence-electron chi connectivity index (χ0n) is 11.0. The molecule has 2 aromatic rings. The zero-order valence-corrected chi connectivity index (χ0v) is 11.0. The van der Waals surface area contributed by atoms with Gasteiger partial charge < -0.3 is 11.5 Å². The Labute approximate surface area is 111 Å². The van der Waals surface area contributed by atoms with E-state index in [1.165, 1.54) is 5.56 Å². The lowest BCUT2D eigenvalue weighted by atomic mass is 10.1. The molecular formula is C14H16N4O. The molecule has 1 amide bonds. The SMILES string of the molecule is Cc1ccc(Cc2nc(C)c(C(N)=O)c(N)n2)cc1. The Kier molecular flexibility index (Phi) is 3.46. The molecule has 1 aromatic carbocycles. The number of hydrogen-bond donors (Lipinski definition) is 2. The van der Waals surface area contributed by atoms with E-state index in [0.717, 1.165) is 5.56 Å². The molecule has 0 bridgehead atoms. The second-order valence-corrected chi connectivity index (χ2v) is 4.51. The Morgan fingerprint density at radius 3 is 2.32 bits per heavy atom. The van der Waals surface area contributed by atoms with Gasteiger partial charge in [-0.2, -0.15) is 0 Å². The van der Waals surface area contributed by atoms with Gasteiger partial charge in [0.2, 0.25) is 0 Å². The van der Waals surface area contributed by atoms with Gasteiger partial charge in [0.15, 0.2) is 0 Å². The van der Waals surface area contributed by atoms with Crippen molar-refractivity contribution in [2.75, 3.05) is 5.73 Å². The summed E-state index contributed by atoms with van der Waals surface area (Å²) in [5.41, 5.74) is 14.0. The first-order valence-corrected chi connectivity index (χ1v) is 5.95. The van der Waals surface area contributed by atoms with Crippen LogP contribution in [0.3, 0.4) is 0 Å². The maximum Gasteiger partial charge on any atom is 0.254 e. The minimum Gasteiger partial charge on any atom is -0.383 e. The Morgan fingerprint density at radius 2 is 1.79 bits per heavy atom. The first-order valence-electron chi connectivity index (χ1n) is 5.95. The minimum atomic E-state index is -0.600. The van der Waals surface area contributed by atoms with Crippen LogP contribution in [0, 0.1) is 13.8 Å². The van der Waals surface area contributed by atoms with Crippen molar-refractivity contribution in [2.45, 2.75) is 20.3 Å². The lowest BCUT2D eigenvalue weighted by molar-refractivity contribution is 0.1000. The summed E-state index contributed by atoms with van der Waals surface area (Å²) in [5.74, 6) is 0.128. The molecule has 0 unspecified atom stereocenters. The topological polar surface area (TPSA) is 94.9 Å². The van der Waals surface area contributed by atoms with E-state index in [9.17, 15) is 4.79 Å². The molecule has 0 aliphatic rings. The molecule has 0 spiro atoms. The lowest BCUT2D eigenvalue weighted by Crippen LogP contribution is -2.18. The highest BCUT2D eigenvalue weighted by molar-refractivity contribution is 5.98. The number of carbonyl (C=O) groups is 1. The van der Waals surface area contributed by atoms with Crippen molar-refractivity contribution in [2.24, 2.45) is 5.73 Å². The molecule has 5 nitrogen and oxygen atoms in total. The summed E-state index contributed by atoms with van der Waals surface area (Å²) < 4.78 is 0. The van der Waals surface area contributed by atoms with E-state index in [1.807, 2.05) is 31.2 Å². The smallest absolute Gasteiger partial charge is 0.254 e. The average Bonchev–Trinajstić information content (AvgIpc) is 2.30. The van der Waals surface area contributed by atoms with E-state index >= 15 is 0 Å². The van der Waals surface area contributed by atoms with Crippen LogP contribution in [0.4, 0.5) is 5.82 Å². The monoisotopic (exact) mass is 256 g/mol. The number of hydrogen-bond acceptors (Lipinski definition) is 4. The molecule has 0 saturated heterocycles. The number of primary amides is 1. The molecule has 0 saturated carbocycles. The Morgan fingerprint density at radius 1 is 1.16 bits per heavy atom. The number of aryl methyl sites for hydroxylation is 2. The van der Waals surface area contributed by atoms with Crippen LogP contribution in [0.1, 0.15) is 33.0 Å². The molecule has 98 valence electrons. The number of rotatable bonds is 3. The van der Waals surface area contributed by atoms with Crippen LogP contribution in [0.2, 0.25) is 0 Å². The third-order valence-corrected chi connectivity index (χ3v) is 2.89. The quantitative estimate of drug-likeness (QED) is 0.866. The van der Waals surface area contributed by atoms with Crippen molar-refractivity contribution >= 4 is 11.7 Å². The normalized spacial score (nSPS) is 10.4. The number of nitrogens with zero attached hydrogens (tertiary/aromatic N) is 2. The molecule has 1 aromatic heterocycles. The molecule has 4 N–H and O–H groups in total. The van der Waals surface area contributed by atoms with E-state index in [0.29, 0.717) is 17.9 Å². The van der Waals surface area contributed by atoms with Gasteiger partial charge >= 0.3 is 0 Å². The van der Waals surface area contributed by atoms with Crippen LogP contribution < -0.4 is 11.5 Å². The Balaban J connectivity index is 2.32. The van der Waals surface area contributed by atoms with Crippen LogP contribution in [0.5, 0.6) is 0 Å². The second kappa shape index (κ2) is 5.06. The van der Waals surface area contributed by atoms with E-state index in [4.69, 9.17) is 11.5 Å². The fraction of sp³-hybridized carbons (Fsp3) is 0.214. The highest BCUT2D eigenvalue weighted by Crippen LogP contribution is 2.14. The van der Waals surface area contributed by atoms with Gasteiger partial charge in [-0.15, -0.1) is 0 Å². The third kappa shape index (κ3) is 2.88. The molecule has 0 radical (unpaired) electrons. The van der Waals surface area contributed by atoms with E-state index in [2.05, 4.69) is 9.97 Å². The summed E-state index contributed by atoms with van der Waals surface area (Å²) in [5, 5.41) is 0. The van der Waals surface area contributed by atoms with Crippen molar-refractivity contribution in [1.82, 2.24) is 9.97 Å². The molecule has 5 heteroatoms. The fourth-order valence-electron chi connectivity index (χ4n) is 1.93. The number of aromatic nitrogens is 2. The molecule has 0 fully saturated rings. The number of anilines is 1. The number of amides is 1.